The van der Waals surface area contributed by atoms with Gasteiger partial charge in [0, 0.05) is 18.3 Å². The lowest BCUT2D eigenvalue weighted by atomic mass is 9.88. The molecule has 112 valence electrons. The van der Waals surface area contributed by atoms with E-state index in [-0.39, 0.29) is 6.10 Å². The monoisotopic (exact) mass is 287 g/mol. The van der Waals surface area contributed by atoms with Crippen molar-refractivity contribution in [2.45, 2.75) is 62.9 Å². The van der Waals surface area contributed by atoms with Gasteiger partial charge < -0.3 is 15.2 Å². The summed E-state index contributed by atoms with van der Waals surface area (Å²) in [5.41, 5.74) is 0. The van der Waals surface area contributed by atoms with Crippen molar-refractivity contribution in [2.24, 2.45) is 5.92 Å². The molecule has 4 unspecified atom stereocenters. The molecule has 0 radical (unpaired) electrons. The molecule has 1 saturated carbocycles. The standard InChI is InChI=1S/C15H29NO2S/c1-12-5-2-3-7-15(12)18-11-13(17)9-16-10-14-6-4-8-19-14/h12-17H,2-11H2,1H3. The summed E-state index contributed by atoms with van der Waals surface area (Å²) in [4.78, 5) is 0. The summed E-state index contributed by atoms with van der Waals surface area (Å²) in [5.74, 6) is 1.96. The van der Waals surface area contributed by atoms with Crippen LogP contribution in [0.5, 0.6) is 0 Å². The Morgan fingerprint density at radius 2 is 2.11 bits per heavy atom. The van der Waals surface area contributed by atoms with Gasteiger partial charge in [-0.25, -0.2) is 0 Å². The van der Waals surface area contributed by atoms with E-state index < -0.39 is 0 Å². The van der Waals surface area contributed by atoms with E-state index in [1.807, 2.05) is 0 Å². The zero-order chi connectivity index (χ0) is 13.5. The van der Waals surface area contributed by atoms with Gasteiger partial charge in [0.25, 0.3) is 0 Å². The lowest BCUT2D eigenvalue weighted by Gasteiger charge is -2.29. The largest absolute Gasteiger partial charge is 0.389 e. The van der Waals surface area contributed by atoms with Crippen LogP contribution in [0.15, 0.2) is 0 Å². The highest BCUT2D eigenvalue weighted by atomic mass is 32.2. The molecule has 0 aromatic rings. The molecule has 2 aliphatic rings. The van der Waals surface area contributed by atoms with Crippen molar-refractivity contribution in [2.75, 3.05) is 25.4 Å². The van der Waals surface area contributed by atoms with Crippen molar-refractivity contribution < 1.29 is 9.84 Å². The Hall–Kier alpha value is 0.230. The molecule has 19 heavy (non-hydrogen) atoms. The molecule has 0 bridgehead atoms. The highest BCUT2D eigenvalue weighted by Crippen LogP contribution is 2.26. The predicted octanol–water partition coefficient (Wildman–Crippen LogP) is 2.43. The first-order valence-electron chi connectivity index (χ1n) is 7.87. The Morgan fingerprint density at radius 1 is 1.26 bits per heavy atom. The SMILES string of the molecule is CC1CCCCC1OCC(O)CNCC1CCCS1. The molecule has 3 nitrogen and oxygen atoms in total. The van der Waals surface area contributed by atoms with Crippen LogP contribution in [0.1, 0.15) is 45.4 Å². The van der Waals surface area contributed by atoms with Gasteiger partial charge in [0.05, 0.1) is 18.8 Å². The number of nitrogens with one attached hydrogen (secondary N) is 1. The second-order valence-electron chi connectivity index (χ2n) is 6.08. The fourth-order valence-corrected chi connectivity index (χ4v) is 4.28. The van der Waals surface area contributed by atoms with E-state index in [2.05, 4.69) is 24.0 Å². The average molecular weight is 287 g/mol. The number of thioether (sulfide) groups is 1. The molecule has 1 heterocycles. The van der Waals surface area contributed by atoms with Crippen LogP contribution in [-0.2, 0) is 4.74 Å². The molecule has 1 aliphatic heterocycles. The second kappa shape index (κ2) is 8.50. The van der Waals surface area contributed by atoms with Crippen LogP contribution in [-0.4, -0.2) is 48.0 Å². The predicted molar refractivity (Wildman–Crippen MR) is 81.7 cm³/mol. The summed E-state index contributed by atoms with van der Waals surface area (Å²) in [6, 6.07) is 0. The molecule has 2 rings (SSSR count). The third-order valence-electron chi connectivity index (χ3n) is 4.31. The maximum Gasteiger partial charge on any atom is 0.0897 e. The summed E-state index contributed by atoms with van der Waals surface area (Å²) >= 11 is 2.06. The zero-order valence-electron chi connectivity index (χ0n) is 12.1. The lowest BCUT2D eigenvalue weighted by Crippen LogP contribution is -2.36. The van der Waals surface area contributed by atoms with E-state index in [1.165, 1.54) is 44.3 Å². The van der Waals surface area contributed by atoms with Crippen molar-refractivity contribution in [3.8, 4) is 0 Å². The highest BCUT2D eigenvalue weighted by molar-refractivity contribution is 8.00. The van der Waals surface area contributed by atoms with E-state index in [4.69, 9.17) is 4.74 Å². The third kappa shape index (κ3) is 5.62. The lowest BCUT2D eigenvalue weighted by molar-refractivity contribution is -0.0450. The Kier molecular flexibility index (Phi) is 6.99. The average Bonchev–Trinajstić information content (AvgIpc) is 2.91. The molecular weight excluding hydrogens is 258 g/mol. The zero-order valence-corrected chi connectivity index (χ0v) is 13.0. The summed E-state index contributed by atoms with van der Waals surface area (Å²) in [6.07, 6.45) is 7.74. The molecule has 4 atom stereocenters. The second-order valence-corrected chi connectivity index (χ2v) is 7.49. The van der Waals surface area contributed by atoms with Gasteiger partial charge in [-0.1, -0.05) is 19.8 Å². The molecule has 0 aromatic heterocycles. The molecule has 1 saturated heterocycles. The summed E-state index contributed by atoms with van der Waals surface area (Å²) in [7, 11) is 0. The van der Waals surface area contributed by atoms with Crippen LogP contribution in [0.2, 0.25) is 0 Å². The number of hydrogen-bond acceptors (Lipinski definition) is 4. The maximum absolute atomic E-state index is 9.95. The molecular formula is C15H29NO2S. The van der Waals surface area contributed by atoms with Crippen molar-refractivity contribution in [3.63, 3.8) is 0 Å². The maximum atomic E-state index is 9.95. The number of aliphatic hydroxyl groups is 1. The van der Waals surface area contributed by atoms with E-state index in [0.29, 0.717) is 25.2 Å². The van der Waals surface area contributed by atoms with Crippen molar-refractivity contribution in [1.82, 2.24) is 5.32 Å². The van der Waals surface area contributed by atoms with Gasteiger partial charge >= 0.3 is 0 Å². The smallest absolute Gasteiger partial charge is 0.0897 e. The van der Waals surface area contributed by atoms with Crippen LogP contribution in [0, 0.1) is 5.92 Å². The summed E-state index contributed by atoms with van der Waals surface area (Å²) in [5, 5.41) is 14.1. The topological polar surface area (TPSA) is 41.5 Å². The van der Waals surface area contributed by atoms with Gasteiger partial charge in [0.15, 0.2) is 0 Å². The first-order chi connectivity index (χ1) is 9.25. The quantitative estimate of drug-likeness (QED) is 0.754. The van der Waals surface area contributed by atoms with E-state index >= 15 is 0 Å². The van der Waals surface area contributed by atoms with Crippen LogP contribution in [0.4, 0.5) is 0 Å². The molecule has 2 N–H and O–H groups in total. The first-order valence-corrected chi connectivity index (χ1v) is 8.92. The Balaban J connectivity index is 1.52. The summed E-state index contributed by atoms with van der Waals surface area (Å²) in [6.45, 7) is 4.45. The van der Waals surface area contributed by atoms with Gasteiger partial charge in [0.2, 0.25) is 0 Å². The molecule has 0 spiro atoms. The first kappa shape index (κ1) is 15.6. The Labute approximate surface area is 121 Å². The minimum atomic E-state index is -0.361. The molecule has 2 fully saturated rings. The number of rotatable bonds is 7. The van der Waals surface area contributed by atoms with E-state index in [9.17, 15) is 5.11 Å². The minimum absolute atomic E-state index is 0.361. The van der Waals surface area contributed by atoms with Crippen molar-refractivity contribution >= 4 is 11.8 Å². The normalized spacial score (nSPS) is 33.5. The van der Waals surface area contributed by atoms with Gasteiger partial charge in [-0.2, -0.15) is 11.8 Å². The fraction of sp³-hybridized carbons (Fsp3) is 1.00. The highest BCUT2D eigenvalue weighted by Gasteiger charge is 2.22. The van der Waals surface area contributed by atoms with Gasteiger partial charge in [-0.15, -0.1) is 0 Å². The van der Waals surface area contributed by atoms with Gasteiger partial charge in [-0.05, 0) is 37.4 Å². The molecule has 0 aromatic carbocycles. The van der Waals surface area contributed by atoms with Crippen LogP contribution < -0.4 is 5.32 Å². The van der Waals surface area contributed by atoms with Crippen molar-refractivity contribution in [3.05, 3.63) is 0 Å². The van der Waals surface area contributed by atoms with Gasteiger partial charge in [0.1, 0.15) is 0 Å². The van der Waals surface area contributed by atoms with Crippen LogP contribution in [0.3, 0.4) is 0 Å². The summed E-state index contributed by atoms with van der Waals surface area (Å²) < 4.78 is 5.88. The molecule has 1 aliphatic carbocycles. The van der Waals surface area contributed by atoms with Crippen LogP contribution >= 0.6 is 11.8 Å². The number of aliphatic hydroxyl groups excluding tert-OH is 1. The third-order valence-corrected chi connectivity index (χ3v) is 5.71. The van der Waals surface area contributed by atoms with E-state index in [1.54, 1.807) is 0 Å². The fourth-order valence-electron chi connectivity index (χ4n) is 3.04. The number of ether oxygens (including phenoxy) is 1. The Morgan fingerprint density at radius 3 is 2.84 bits per heavy atom. The molecule has 0 amide bonds. The number of hydrogen-bond donors (Lipinski definition) is 2. The molecule has 4 heteroatoms. The van der Waals surface area contributed by atoms with Gasteiger partial charge in [-0.3, -0.25) is 0 Å². The minimum Gasteiger partial charge on any atom is -0.389 e. The van der Waals surface area contributed by atoms with E-state index in [0.717, 1.165) is 11.8 Å². The van der Waals surface area contributed by atoms with Crippen molar-refractivity contribution in [1.29, 1.82) is 0 Å². The Bertz CT molecular complexity index is 246. The van der Waals surface area contributed by atoms with Crippen LogP contribution in [0.25, 0.3) is 0 Å².